The first-order chi connectivity index (χ1) is 9.22. The highest BCUT2D eigenvalue weighted by Gasteiger charge is 2.09. The molecule has 0 aliphatic carbocycles. The maximum absolute atomic E-state index is 13.3. The summed E-state index contributed by atoms with van der Waals surface area (Å²) in [6.45, 7) is 3.08. The summed E-state index contributed by atoms with van der Waals surface area (Å²) < 4.78 is 13.3. The summed E-state index contributed by atoms with van der Waals surface area (Å²) in [7, 11) is 0. The van der Waals surface area contributed by atoms with Gasteiger partial charge in [0.1, 0.15) is 5.82 Å². The molecule has 1 aliphatic heterocycles. The van der Waals surface area contributed by atoms with Crippen molar-refractivity contribution in [3.63, 3.8) is 0 Å². The van der Waals surface area contributed by atoms with E-state index in [1.165, 1.54) is 29.3 Å². The summed E-state index contributed by atoms with van der Waals surface area (Å²) in [5.74, 6) is -0.156. The van der Waals surface area contributed by atoms with Crippen LogP contribution in [0.2, 0.25) is 0 Å². The minimum Gasteiger partial charge on any atom is -0.385 e. The summed E-state index contributed by atoms with van der Waals surface area (Å²) in [5, 5.41) is 3.44. The molecule has 0 atom stereocenters. The van der Waals surface area contributed by atoms with Gasteiger partial charge in [-0.3, -0.25) is 0 Å². The molecule has 0 spiro atoms. The van der Waals surface area contributed by atoms with Crippen molar-refractivity contribution in [3.05, 3.63) is 64.5 Å². The Bertz CT molecular complexity index is 604. The monoisotopic (exact) mass is 255 g/mol. The summed E-state index contributed by atoms with van der Waals surface area (Å²) in [6, 6.07) is 11.6. The number of hydrogen-bond donors (Lipinski definition) is 1. The fourth-order valence-corrected chi connectivity index (χ4v) is 2.67. The predicted molar refractivity (Wildman–Crippen MR) is 77.2 cm³/mol. The second-order valence-electron chi connectivity index (χ2n) is 5.27. The summed E-state index contributed by atoms with van der Waals surface area (Å²) in [6.07, 6.45) is 3.15. The van der Waals surface area contributed by atoms with Gasteiger partial charge < -0.3 is 5.32 Å². The number of benzene rings is 2. The number of halogens is 1. The van der Waals surface area contributed by atoms with E-state index in [1.54, 1.807) is 6.07 Å². The van der Waals surface area contributed by atoms with Crippen LogP contribution in [-0.2, 0) is 12.8 Å². The van der Waals surface area contributed by atoms with Crippen LogP contribution >= 0.6 is 0 Å². The van der Waals surface area contributed by atoms with Crippen LogP contribution in [0.5, 0.6) is 0 Å². The molecule has 1 nitrogen and oxygen atoms in total. The third-order valence-electron chi connectivity index (χ3n) is 3.82. The molecule has 0 aromatic heterocycles. The lowest BCUT2D eigenvalue weighted by atomic mass is 9.96. The molecular weight excluding hydrogens is 237 g/mol. The first-order valence-electron chi connectivity index (χ1n) is 6.83. The number of fused-ring (bicyclic) bond motifs is 1. The Morgan fingerprint density at radius 1 is 1.16 bits per heavy atom. The van der Waals surface area contributed by atoms with E-state index in [0.717, 1.165) is 30.5 Å². The van der Waals surface area contributed by atoms with Gasteiger partial charge in [0.25, 0.3) is 0 Å². The molecule has 0 amide bonds. The van der Waals surface area contributed by atoms with Gasteiger partial charge in [-0.05, 0) is 66.6 Å². The molecule has 98 valence electrons. The van der Waals surface area contributed by atoms with Crippen LogP contribution in [0.3, 0.4) is 0 Å². The SMILES string of the molecule is Cc1ccc(F)cc1Cc1ccc2c(c1)NCCC2. The van der Waals surface area contributed by atoms with E-state index in [2.05, 4.69) is 23.5 Å². The van der Waals surface area contributed by atoms with E-state index in [0.29, 0.717) is 0 Å². The van der Waals surface area contributed by atoms with Crippen LogP contribution in [-0.4, -0.2) is 6.54 Å². The fourth-order valence-electron chi connectivity index (χ4n) is 2.67. The summed E-state index contributed by atoms with van der Waals surface area (Å²) in [4.78, 5) is 0. The molecule has 2 heteroatoms. The maximum atomic E-state index is 13.3. The second kappa shape index (κ2) is 5.04. The van der Waals surface area contributed by atoms with Crippen LogP contribution < -0.4 is 5.32 Å². The first-order valence-corrected chi connectivity index (χ1v) is 6.83. The zero-order valence-corrected chi connectivity index (χ0v) is 11.2. The predicted octanol–water partition coefficient (Wildman–Crippen LogP) is 4.08. The van der Waals surface area contributed by atoms with Crippen LogP contribution in [0.15, 0.2) is 36.4 Å². The molecule has 0 bridgehead atoms. The number of hydrogen-bond acceptors (Lipinski definition) is 1. The van der Waals surface area contributed by atoms with Crippen molar-refractivity contribution in [1.82, 2.24) is 0 Å². The number of aryl methyl sites for hydroxylation is 2. The third kappa shape index (κ3) is 2.62. The summed E-state index contributed by atoms with van der Waals surface area (Å²) in [5.41, 5.74) is 6.09. The van der Waals surface area contributed by atoms with Gasteiger partial charge >= 0.3 is 0 Å². The van der Waals surface area contributed by atoms with Crippen molar-refractivity contribution < 1.29 is 4.39 Å². The number of nitrogens with one attached hydrogen (secondary N) is 1. The van der Waals surface area contributed by atoms with Gasteiger partial charge in [0, 0.05) is 12.2 Å². The molecule has 3 rings (SSSR count). The molecule has 0 saturated carbocycles. The average Bonchev–Trinajstić information content (AvgIpc) is 2.43. The average molecular weight is 255 g/mol. The van der Waals surface area contributed by atoms with E-state index < -0.39 is 0 Å². The number of rotatable bonds is 2. The quantitative estimate of drug-likeness (QED) is 0.852. The molecule has 0 radical (unpaired) electrons. The highest BCUT2D eigenvalue weighted by Crippen LogP contribution is 2.25. The van der Waals surface area contributed by atoms with Crippen LogP contribution in [0.1, 0.15) is 28.7 Å². The zero-order valence-electron chi connectivity index (χ0n) is 11.2. The standard InChI is InChI=1S/C17H18FN/c1-12-4-7-16(18)11-15(12)9-13-5-6-14-3-2-8-19-17(14)10-13/h4-7,10-11,19H,2-3,8-9H2,1H3. The molecule has 0 saturated heterocycles. The molecule has 19 heavy (non-hydrogen) atoms. The van der Waals surface area contributed by atoms with E-state index in [9.17, 15) is 4.39 Å². The van der Waals surface area contributed by atoms with E-state index in [-0.39, 0.29) is 5.82 Å². The van der Waals surface area contributed by atoms with Gasteiger partial charge in [0.2, 0.25) is 0 Å². The Morgan fingerprint density at radius 3 is 2.95 bits per heavy atom. The van der Waals surface area contributed by atoms with Crippen LogP contribution in [0, 0.1) is 12.7 Å². The number of anilines is 1. The van der Waals surface area contributed by atoms with Crippen molar-refractivity contribution in [1.29, 1.82) is 0 Å². The zero-order chi connectivity index (χ0) is 13.2. The van der Waals surface area contributed by atoms with Gasteiger partial charge in [-0.25, -0.2) is 4.39 Å². The molecule has 2 aromatic rings. The van der Waals surface area contributed by atoms with E-state index in [4.69, 9.17) is 0 Å². The lowest BCUT2D eigenvalue weighted by Crippen LogP contribution is -2.11. The van der Waals surface area contributed by atoms with Gasteiger partial charge in [0.15, 0.2) is 0 Å². The molecule has 2 aromatic carbocycles. The Labute approximate surface area is 113 Å². The van der Waals surface area contributed by atoms with Crippen molar-refractivity contribution in [2.45, 2.75) is 26.2 Å². The normalized spacial score (nSPS) is 13.8. The Kier molecular flexibility index (Phi) is 3.24. The van der Waals surface area contributed by atoms with Crippen molar-refractivity contribution in [3.8, 4) is 0 Å². The van der Waals surface area contributed by atoms with Gasteiger partial charge in [-0.2, -0.15) is 0 Å². The van der Waals surface area contributed by atoms with Crippen molar-refractivity contribution in [2.24, 2.45) is 0 Å². The second-order valence-corrected chi connectivity index (χ2v) is 5.27. The molecule has 1 aliphatic rings. The van der Waals surface area contributed by atoms with Gasteiger partial charge in [-0.15, -0.1) is 0 Å². The third-order valence-corrected chi connectivity index (χ3v) is 3.82. The summed E-state index contributed by atoms with van der Waals surface area (Å²) >= 11 is 0. The molecular formula is C17H18FN. The van der Waals surface area contributed by atoms with Crippen LogP contribution in [0.25, 0.3) is 0 Å². The largest absolute Gasteiger partial charge is 0.385 e. The smallest absolute Gasteiger partial charge is 0.123 e. The minimum absolute atomic E-state index is 0.156. The highest BCUT2D eigenvalue weighted by atomic mass is 19.1. The van der Waals surface area contributed by atoms with Gasteiger partial charge in [0.05, 0.1) is 0 Å². The topological polar surface area (TPSA) is 12.0 Å². The van der Waals surface area contributed by atoms with E-state index in [1.807, 2.05) is 13.0 Å². The lowest BCUT2D eigenvalue weighted by molar-refractivity contribution is 0.625. The van der Waals surface area contributed by atoms with Crippen LogP contribution in [0.4, 0.5) is 10.1 Å². The fraction of sp³-hybridized carbons (Fsp3) is 0.294. The Hall–Kier alpha value is -1.83. The lowest BCUT2D eigenvalue weighted by Gasteiger charge is -2.19. The maximum Gasteiger partial charge on any atom is 0.123 e. The molecule has 1 heterocycles. The van der Waals surface area contributed by atoms with Gasteiger partial charge in [-0.1, -0.05) is 18.2 Å². The Balaban J connectivity index is 1.89. The van der Waals surface area contributed by atoms with Crippen molar-refractivity contribution >= 4 is 5.69 Å². The van der Waals surface area contributed by atoms with Crippen molar-refractivity contribution in [2.75, 3.05) is 11.9 Å². The minimum atomic E-state index is -0.156. The first kappa shape index (κ1) is 12.2. The molecule has 0 fully saturated rings. The van der Waals surface area contributed by atoms with E-state index >= 15 is 0 Å². The Morgan fingerprint density at radius 2 is 2.05 bits per heavy atom. The molecule has 0 unspecified atom stereocenters. The highest BCUT2D eigenvalue weighted by molar-refractivity contribution is 5.55. The molecule has 1 N–H and O–H groups in total.